The van der Waals surface area contributed by atoms with E-state index >= 15 is 0 Å². The number of nitrogens with one attached hydrogen (secondary N) is 1. The first-order valence-corrected chi connectivity index (χ1v) is 6.23. The van der Waals surface area contributed by atoms with Crippen molar-refractivity contribution in [1.82, 2.24) is 5.32 Å². The molecule has 17 heavy (non-hydrogen) atoms. The minimum Gasteiger partial charge on any atom is -0.467 e. The molecule has 0 aliphatic heterocycles. The minimum atomic E-state index is -0.673. The molecule has 0 unspecified atom stereocenters. The van der Waals surface area contributed by atoms with E-state index in [0.717, 1.165) is 0 Å². The third kappa shape index (κ3) is 3.18. The van der Waals surface area contributed by atoms with Gasteiger partial charge in [-0.3, -0.25) is 4.79 Å². The molecule has 2 N–H and O–H groups in total. The molecular weight excluding hydrogens is 238 g/mol. The number of aliphatic hydroxyl groups is 1. The van der Waals surface area contributed by atoms with Gasteiger partial charge >= 0.3 is 0 Å². The Labute approximate surface area is 103 Å². The zero-order valence-electron chi connectivity index (χ0n) is 9.13. The van der Waals surface area contributed by atoms with Gasteiger partial charge in [-0.25, -0.2) is 0 Å². The highest BCUT2D eigenvalue weighted by Crippen LogP contribution is 2.15. The molecule has 0 saturated heterocycles. The average molecular weight is 251 g/mol. The quantitative estimate of drug-likeness (QED) is 0.856. The lowest BCUT2D eigenvalue weighted by molar-refractivity contribution is 0.0936. The van der Waals surface area contributed by atoms with E-state index in [1.807, 2.05) is 5.38 Å². The van der Waals surface area contributed by atoms with Crippen molar-refractivity contribution < 1.29 is 14.3 Å². The first-order chi connectivity index (χ1) is 8.27. The molecular formula is C12H13NO3S. The molecule has 0 aromatic carbocycles. The normalized spacial score (nSPS) is 12.3. The standard InChI is InChI=1S/C12H13NO3S/c14-10(11-2-1-6-16-11)3-5-13-12(15)9-4-7-17-8-9/h1-2,4,6-8,10,14H,3,5H2,(H,13,15)/t10-/m1/s1. The molecule has 0 aliphatic rings. The van der Waals surface area contributed by atoms with Crippen molar-refractivity contribution in [2.75, 3.05) is 6.54 Å². The van der Waals surface area contributed by atoms with Gasteiger partial charge in [0, 0.05) is 17.5 Å². The van der Waals surface area contributed by atoms with Crippen LogP contribution in [0.15, 0.2) is 39.6 Å². The third-order valence-electron chi connectivity index (χ3n) is 2.36. The molecule has 0 bridgehead atoms. The Morgan fingerprint density at radius 3 is 3.06 bits per heavy atom. The number of carbonyl (C=O) groups is 1. The van der Waals surface area contributed by atoms with Crippen LogP contribution in [0.2, 0.25) is 0 Å². The summed E-state index contributed by atoms with van der Waals surface area (Å²) in [4.78, 5) is 11.6. The van der Waals surface area contributed by atoms with Crippen molar-refractivity contribution in [2.45, 2.75) is 12.5 Å². The van der Waals surface area contributed by atoms with E-state index < -0.39 is 6.10 Å². The topological polar surface area (TPSA) is 62.5 Å². The van der Waals surface area contributed by atoms with Gasteiger partial charge in [0.15, 0.2) is 0 Å². The van der Waals surface area contributed by atoms with Gasteiger partial charge in [0.1, 0.15) is 11.9 Å². The first-order valence-electron chi connectivity index (χ1n) is 5.29. The van der Waals surface area contributed by atoms with E-state index in [2.05, 4.69) is 5.32 Å². The van der Waals surface area contributed by atoms with Crippen molar-refractivity contribution in [3.63, 3.8) is 0 Å². The van der Waals surface area contributed by atoms with Crippen LogP contribution in [-0.4, -0.2) is 17.6 Å². The van der Waals surface area contributed by atoms with E-state index in [4.69, 9.17) is 4.42 Å². The zero-order chi connectivity index (χ0) is 12.1. The number of rotatable bonds is 5. The number of hydrogen-bond donors (Lipinski definition) is 2. The Kier molecular flexibility index (Phi) is 3.95. The van der Waals surface area contributed by atoms with Gasteiger partial charge in [-0.1, -0.05) is 0 Å². The minimum absolute atomic E-state index is 0.113. The van der Waals surface area contributed by atoms with Crippen LogP contribution in [0.3, 0.4) is 0 Å². The Morgan fingerprint density at radius 2 is 2.41 bits per heavy atom. The number of hydrogen-bond acceptors (Lipinski definition) is 4. The highest BCUT2D eigenvalue weighted by molar-refractivity contribution is 7.08. The van der Waals surface area contributed by atoms with Crippen molar-refractivity contribution in [3.05, 3.63) is 46.5 Å². The number of amides is 1. The van der Waals surface area contributed by atoms with Gasteiger partial charge in [0.25, 0.3) is 5.91 Å². The maximum Gasteiger partial charge on any atom is 0.252 e. The largest absolute Gasteiger partial charge is 0.467 e. The smallest absolute Gasteiger partial charge is 0.252 e. The summed E-state index contributed by atoms with van der Waals surface area (Å²) in [6, 6.07) is 5.21. The lowest BCUT2D eigenvalue weighted by Crippen LogP contribution is -2.25. The van der Waals surface area contributed by atoms with Gasteiger partial charge < -0.3 is 14.8 Å². The van der Waals surface area contributed by atoms with Crippen LogP contribution in [0.25, 0.3) is 0 Å². The summed E-state index contributed by atoms with van der Waals surface area (Å²) in [6.07, 6.45) is 1.28. The molecule has 5 heteroatoms. The monoisotopic (exact) mass is 251 g/mol. The maximum atomic E-state index is 11.6. The Hall–Kier alpha value is -1.59. The van der Waals surface area contributed by atoms with Crippen molar-refractivity contribution in [1.29, 1.82) is 0 Å². The maximum absolute atomic E-state index is 11.6. The number of aliphatic hydroxyl groups excluding tert-OH is 1. The molecule has 0 fully saturated rings. The van der Waals surface area contributed by atoms with Crippen LogP contribution in [0.5, 0.6) is 0 Å². The van der Waals surface area contributed by atoms with Crippen LogP contribution in [0.1, 0.15) is 28.6 Å². The lowest BCUT2D eigenvalue weighted by atomic mass is 10.2. The van der Waals surface area contributed by atoms with Crippen LogP contribution < -0.4 is 5.32 Å². The first kappa shape index (κ1) is 11.9. The molecule has 90 valence electrons. The van der Waals surface area contributed by atoms with Gasteiger partial charge in [0.05, 0.1) is 6.26 Å². The molecule has 2 heterocycles. The van der Waals surface area contributed by atoms with E-state index in [0.29, 0.717) is 24.3 Å². The number of thiophene rings is 1. The van der Waals surface area contributed by atoms with E-state index in [-0.39, 0.29) is 5.91 Å². The zero-order valence-corrected chi connectivity index (χ0v) is 9.94. The molecule has 0 saturated carbocycles. The fourth-order valence-corrected chi connectivity index (χ4v) is 2.08. The molecule has 2 aromatic rings. The summed E-state index contributed by atoms with van der Waals surface area (Å²) in [5.41, 5.74) is 0.655. The summed E-state index contributed by atoms with van der Waals surface area (Å²) in [6.45, 7) is 0.413. The SMILES string of the molecule is O=C(NCC[C@@H](O)c1ccco1)c1ccsc1. The number of carbonyl (C=O) groups excluding carboxylic acids is 1. The van der Waals surface area contributed by atoms with Gasteiger partial charge in [-0.05, 0) is 30.0 Å². The fourth-order valence-electron chi connectivity index (χ4n) is 1.44. The Morgan fingerprint density at radius 1 is 1.53 bits per heavy atom. The van der Waals surface area contributed by atoms with E-state index in [1.165, 1.54) is 17.6 Å². The lowest BCUT2D eigenvalue weighted by Gasteiger charge is -2.08. The summed E-state index contributed by atoms with van der Waals surface area (Å²) < 4.78 is 5.06. The predicted octanol–water partition coefficient (Wildman–Crippen LogP) is 2.19. The summed E-state index contributed by atoms with van der Waals surface area (Å²) in [5, 5.41) is 16.1. The second-order valence-electron chi connectivity index (χ2n) is 3.59. The van der Waals surface area contributed by atoms with Gasteiger partial charge in [0.2, 0.25) is 0 Å². The molecule has 0 aliphatic carbocycles. The predicted molar refractivity (Wildman–Crippen MR) is 64.9 cm³/mol. The molecule has 2 rings (SSSR count). The molecule has 0 radical (unpaired) electrons. The van der Waals surface area contributed by atoms with Crippen molar-refractivity contribution >= 4 is 17.2 Å². The highest BCUT2D eigenvalue weighted by atomic mass is 32.1. The van der Waals surface area contributed by atoms with Crippen molar-refractivity contribution in [3.8, 4) is 0 Å². The van der Waals surface area contributed by atoms with E-state index in [1.54, 1.807) is 23.6 Å². The molecule has 2 aromatic heterocycles. The van der Waals surface area contributed by atoms with Gasteiger partial charge in [-0.15, -0.1) is 0 Å². The Balaban J connectivity index is 1.75. The van der Waals surface area contributed by atoms with Crippen LogP contribution >= 0.6 is 11.3 Å². The molecule has 4 nitrogen and oxygen atoms in total. The van der Waals surface area contributed by atoms with Gasteiger partial charge in [-0.2, -0.15) is 11.3 Å². The molecule has 0 spiro atoms. The summed E-state index contributed by atoms with van der Waals surface area (Å²) >= 11 is 1.48. The summed E-state index contributed by atoms with van der Waals surface area (Å²) in [5.74, 6) is 0.410. The third-order valence-corrected chi connectivity index (χ3v) is 3.04. The highest BCUT2D eigenvalue weighted by Gasteiger charge is 2.11. The molecule has 1 amide bonds. The fraction of sp³-hybridized carbons (Fsp3) is 0.250. The second-order valence-corrected chi connectivity index (χ2v) is 4.37. The average Bonchev–Trinajstić information content (AvgIpc) is 3.02. The Bertz CT molecular complexity index is 450. The van der Waals surface area contributed by atoms with Crippen molar-refractivity contribution in [2.24, 2.45) is 0 Å². The van der Waals surface area contributed by atoms with Crippen LogP contribution in [0, 0.1) is 0 Å². The van der Waals surface area contributed by atoms with Crippen LogP contribution in [-0.2, 0) is 0 Å². The summed E-state index contributed by atoms with van der Waals surface area (Å²) in [7, 11) is 0. The second kappa shape index (κ2) is 5.65. The molecule has 1 atom stereocenters. The number of furan rings is 1. The van der Waals surface area contributed by atoms with E-state index in [9.17, 15) is 9.90 Å². The van der Waals surface area contributed by atoms with Crippen LogP contribution in [0.4, 0.5) is 0 Å².